The Morgan fingerprint density at radius 3 is 2.62 bits per heavy atom. The molecule has 0 aliphatic carbocycles. The number of carboxylic acid groups (broad SMARTS) is 1. The Kier molecular flexibility index (Phi) is 13.5. The van der Waals surface area contributed by atoms with Gasteiger partial charge in [-0.3, -0.25) is 0 Å². The molecule has 0 amide bonds. The van der Waals surface area contributed by atoms with Crippen molar-refractivity contribution in [2.24, 2.45) is 0 Å². The zero-order chi connectivity index (χ0) is 15.8. The van der Waals surface area contributed by atoms with Crippen LogP contribution in [0.2, 0.25) is 0 Å². The van der Waals surface area contributed by atoms with Crippen LogP contribution >= 0.6 is 0 Å². The summed E-state index contributed by atoms with van der Waals surface area (Å²) < 4.78 is 0. The molecule has 0 aromatic carbocycles. The van der Waals surface area contributed by atoms with Crippen LogP contribution in [0, 0.1) is 23.7 Å². The Morgan fingerprint density at radius 1 is 1.14 bits per heavy atom. The van der Waals surface area contributed by atoms with Gasteiger partial charge in [0.15, 0.2) is 6.10 Å². The summed E-state index contributed by atoms with van der Waals surface area (Å²) in [7, 11) is 0. The summed E-state index contributed by atoms with van der Waals surface area (Å²) in [6.45, 7) is 2.14. The average Bonchev–Trinajstić information content (AvgIpc) is 2.47. The Bertz CT molecular complexity index is 415. The highest BCUT2D eigenvalue weighted by molar-refractivity contribution is 5.71. The van der Waals surface area contributed by atoms with Crippen LogP contribution in [0.1, 0.15) is 64.7 Å². The predicted molar refractivity (Wildman–Crippen MR) is 85.6 cm³/mol. The van der Waals surface area contributed by atoms with Crippen molar-refractivity contribution in [2.75, 3.05) is 0 Å². The van der Waals surface area contributed by atoms with Gasteiger partial charge in [-0.25, -0.2) is 4.79 Å². The lowest BCUT2D eigenvalue weighted by Crippen LogP contribution is -2.18. The van der Waals surface area contributed by atoms with Crippen LogP contribution < -0.4 is 0 Å². The van der Waals surface area contributed by atoms with E-state index in [0.29, 0.717) is 6.42 Å². The number of hydrogen-bond acceptors (Lipinski definition) is 2. The van der Waals surface area contributed by atoms with Crippen molar-refractivity contribution in [3.8, 4) is 23.7 Å². The van der Waals surface area contributed by atoms with Gasteiger partial charge in [0.05, 0.1) is 0 Å². The molecule has 0 aliphatic heterocycles. The summed E-state index contributed by atoms with van der Waals surface area (Å²) in [5, 5.41) is 17.6. The number of aliphatic hydroxyl groups excluding tert-OH is 1. The molecule has 0 bridgehead atoms. The van der Waals surface area contributed by atoms with Crippen LogP contribution in [0.25, 0.3) is 0 Å². The quantitative estimate of drug-likeness (QED) is 0.478. The van der Waals surface area contributed by atoms with Crippen LogP contribution in [0.15, 0.2) is 12.2 Å². The predicted octanol–water partition coefficient (Wildman–Crippen LogP) is 3.53. The van der Waals surface area contributed by atoms with Gasteiger partial charge in [-0.05, 0) is 43.6 Å². The van der Waals surface area contributed by atoms with E-state index in [1.54, 1.807) is 0 Å². The van der Waals surface area contributed by atoms with E-state index in [1.165, 1.54) is 0 Å². The van der Waals surface area contributed by atoms with Gasteiger partial charge in [-0.2, -0.15) is 0 Å². The molecule has 0 heterocycles. The normalized spacial score (nSPS) is 11.3. The Hall–Kier alpha value is -1.71. The molecule has 21 heavy (non-hydrogen) atoms. The van der Waals surface area contributed by atoms with Crippen molar-refractivity contribution >= 4 is 5.97 Å². The van der Waals surface area contributed by atoms with E-state index in [2.05, 4.69) is 30.6 Å². The van der Waals surface area contributed by atoms with Gasteiger partial charge in [0.2, 0.25) is 0 Å². The molecule has 0 saturated carbocycles. The molecular weight excluding hydrogens is 264 g/mol. The smallest absolute Gasteiger partial charge is 0.332 e. The van der Waals surface area contributed by atoms with Gasteiger partial charge in [-0.1, -0.05) is 50.5 Å². The minimum atomic E-state index is -1.21. The maximum atomic E-state index is 10.4. The molecule has 0 radical (unpaired) electrons. The minimum absolute atomic E-state index is 0.341. The third kappa shape index (κ3) is 14.5. The zero-order valence-corrected chi connectivity index (χ0v) is 12.9. The number of rotatable bonds is 10. The van der Waals surface area contributed by atoms with Gasteiger partial charge < -0.3 is 10.2 Å². The monoisotopic (exact) mass is 290 g/mol. The van der Waals surface area contributed by atoms with Crippen LogP contribution in [-0.2, 0) is 4.79 Å². The third-order valence-electron chi connectivity index (χ3n) is 2.96. The number of aliphatic carboxylic acids is 1. The SMILES string of the molecule is CCCCC#CC#C/C=C\CCCCCCC(O)C(=O)O. The number of aliphatic hydroxyl groups is 1. The van der Waals surface area contributed by atoms with Crippen molar-refractivity contribution in [3.05, 3.63) is 12.2 Å². The summed E-state index contributed by atoms with van der Waals surface area (Å²) in [6.07, 6.45) is 11.0. The molecule has 1 atom stereocenters. The van der Waals surface area contributed by atoms with E-state index >= 15 is 0 Å². The molecule has 0 saturated heterocycles. The van der Waals surface area contributed by atoms with Gasteiger partial charge in [0, 0.05) is 6.42 Å². The van der Waals surface area contributed by atoms with E-state index in [4.69, 9.17) is 10.2 Å². The maximum Gasteiger partial charge on any atom is 0.332 e. The van der Waals surface area contributed by atoms with E-state index in [0.717, 1.165) is 51.4 Å². The first kappa shape index (κ1) is 19.3. The molecule has 0 aliphatic rings. The Labute approximate surface area is 128 Å². The molecule has 0 fully saturated rings. The van der Waals surface area contributed by atoms with Crippen LogP contribution in [-0.4, -0.2) is 22.3 Å². The molecule has 2 N–H and O–H groups in total. The highest BCUT2D eigenvalue weighted by Crippen LogP contribution is 2.07. The third-order valence-corrected chi connectivity index (χ3v) is 2.96. The Morgan fingerprint density at radius 2 is 1.90 bits per heavy atom. The molecule has 0 aromatic heterocycles. The lowest BCUT2D eigenvalue weighted by molar-refractivity contribution is -0.146. The van der Waals surface area contributed by atoms with Gasteiger partial charge in [0.1, 0.15) is 0 Å². The fraction of sp³-hybridized carbons (Fsp3) is 0.611. The molecule has 3 nitrogen and oxygen atoms in total. The lowest BCUT2D eigenvalue weighted by Gasteiger charge is -2.04. The summed E-state index contributed by atoms with van der Waals surface area (Å²) in [5.74, 6) is 10.4. The molecular formula is C18H26O3. The number of carbonyl (C=O) groups is 1. The standard InChI is InChI=1S/C18H26O3/c1-2-3-4-5-6-7-8-9-10-11-12-13-14-15-16-17(19)18(20)21/h9-10,17,19H,2-4,11-16H2,1H3,(H,20,21)/b10-9-. The first-order valence-electron chi connectivity index (χ1n) is 7.72. The second kappa shape index (κ2) is 14.7. The average molecular weight is 290 g/mol. The molecule has 3 heteroatoms. The number of allylic oxidation sites excluding steroid dienone is 2. The van der Waals surface area contributed by atoms with Gasteiger partial charge in [-0.15, -0.1) is 0 Å². The minimum Gasteiger partial charge on any atom is -0.479 e. The van der Waals surface area contributed by atoms with Gasteiger partial charge >= 0.3 is 5.97 Å². The highest BCUT2D eigenvalue weighted by Gasteiger charge is 2.11. The van der Waals surface area contributed by atoms with Crippen molar-refractivity contribution in [3.63, 3.8) is 0 Å². The van der Waals surface area contributed by atoms with Crippen LogP contribution in [0.5, 0.6) is 0 Å². The first-order valence-corrected chi connectivity index (χ1v) is 7.72. The van der Waals surface area contributed by atoms with E-state index in [1.807, 2.05) is 12.2 Å². The van der Waals surface area contributed by atoms with Gasteiger partial charge in [0.25, 0.3) is 0 Å². The number of hydrogen-bond donors (Lipinski definition) is 2. The number of carboxylic acids is 1. The Balaban J connectivity index is 3.46. The summed E-state index contributed by atoms with van der Waals surface area (Å²) >= 11 is 0. The van der Waals surface area contributed by atoms with E-state index in [9.17, 15) is 4.79 Å². The molecule has 0 aromatic rings. The summed E-state index contributed by atoms with van der Waals surface area (Å²) in [4.78, 5) is 10.4. The van der Waals surface area contributed by atoms with E-state index in [-0.39, 0.29) is 0 Å². The molecule has 0 spiro atoms. The highest BCUT2D eigenvalue weighted by atomic mass is 16.4. The second-order valence-electron chi connectivity index (χ2n) is 4.92. The maximum absolute atomic E-state index is 10.4. The largest absolute Gasteiger partial charge is 0.479 e. The molecule has 0 rings (SSSR count). The van der Waals surface area contributed by atoms with Crippen LogP contribution in [0.4, 0.5) is 0 Å². The van der Waals surface area contributed by atoms with Crippen molar-refractivity contribution in [1.29, 1.82) is 0 Å². The van der Waals surface area contributed by atoms with Crippen molar-refractivity contribution in [1.82, 2.24) is 0 Å². The summed E-state index contributed by atoms with van der Waals surface area (Å²) in [6, 6.07) is 0. The molecule has 116 valence electrons. The van der Waals surface area contributed by atoms with Crippen LogP contribution in [0.3, 0.4) is 0 Å². The first-order chi connectivity index (χ1) is 10.2. The molecule has 1 unspecified atom stereocenters. The number of unbranched alkanes of at least 4 members (excludes halogenated alkanes) is 6. The summed E-state index contributed by atoms with van der Waals surface area (Å²) in [5.41, 5.74) is 0. The van der Waals surface area contributed by atoms with Crippen molar-refractivity contribution < 1.29 is 15.0 Å². The zero-order valence-electron chi connectivity index (χ0n) is 12.9. The van der Waals surface area contributed by atoms with Crippen molar-refractivity contribution in [2.45, 2.75) is 70.8 Å². The lowest BCUT2D eigenvalue weighted by atomic mass is 10.1. The second-order valence-corrected chi connectivity index (χ2v) is 4.92. The fourth-order valence-electron chi connectivity index (χ4n) is 1.67. The topological polar surface area (TPSA) is 57.5 Å². The fourth-order valence-corrected chi connectivity index (χ4v) is 1.67. The van der Waals surface area contributed by atoms with E-state index < -0.39 is 12.1 Å².